The van der Waals surface area contributed by atoms with Gasteiger partial charge < -0.3 is 21.3 Å². The molecule has 1 heterocycles. The molecule has 0 spiro atoms. The van der Waals surface area contributed by atoms with Crippen LogP contribution in [0.15, 0.2) is 91.1 Å². The van der Waals surface area contributed by atoms with Crippen molar-refractivity contribution in [2.45, 2.75) is 66.5 Å². The lowest BCUT2D eigenvalue weighted by Crippen LogP contribution is -2.33. The van der Waals surface area contributed by atoms with Crippen LogP contribution in [0.5, 0.6) is 0 Å². The highest BCUT2D eigenvalue weighted by Gasteiger charge is 2.17. The zero-order valence-electron chi connectivity index (χ0n) is 28.5. The van der Waals surface area contributed by atoms with Gasteiger partial charge in [-0.15, -0.1) is 0 Å². The Morgan fingerprint density at radius 1 is 0.562 bits per heavy atom. The summed E-state index contributed by atoms with van der Waals surface area (Å²) in [4.78, 5) is 54.3. The average Bonchev–Trinajstić information content (AvgIpc) is 3.07. The van der Waals surface area contributed by atoms with Gasteiger partial charge in [0.2, 0.25) is 11.8 Å². The first-order valence-electron chi connectivity index (χ1n) is 16.4. The van der Waals surface area contributed by atoms with Crippen LogP contribution in [0.25, 0.3) is 22.4 Å². The number of nitrogens with zero attached hydrogens (tertiary/aromatic N) is 1. The number of hydrogen-bond acceptors (Lipinski definition) is 5. The molecule has 9 nitrogen and oxygen atoms in total. The molecule has 0 aliphatic rings. The molecular weight excluding hydrogens is 602 g/mol. The number of anilines is 2. The lowest BCUT2D eigenvalue weighted by atomic mass is 10.0. The molecule has 2 atom stereocenters. The molecular formula is C39H45N5O4. The first-order chi connectivity index (χ1) is 22.9. The van der Waals surface area contributed by atoms with Crippen molar-refractivity contribution in [1.29, 1.82) is 0 Å². The summed E-state index contributed by atoms with van der Waals surface area (Å²) in [5.74, 6) is -0.803. The van der Waals surface area contributed by atoms with Crippen LogP contribution in [-0.4, -0.2) is 40.7 Å². The van der Waals surface area contributed by atoms with Gasteiger partial charge in [-0.2, -0.15) is 0 Å². The van der Waals surface area contributed by atoms with Crippen molar-refractivity contribution in [1.82, 2.24) is 15.6 Å². The smallest absolute Gasteiger partial charge is 0.253 e. The van der Waals surface area contributed by atoms with Gasteiger partial charge in [-0.05, 0) is 93.3 Å². The fourth-order valence-corrected chi connectivity index (χ4v) is 4.89. The molecule has 250 valence electrons. The second-order valence-electron chi connectivity index (χ2n) is 12.8. The van der Waals surface area contributed by atoms with E-state index in [2.05, 4.69) is 26.3 Å². The van der Waals surface area contributed by atoms with Crippen molar-refractivity contribution < 1.29 is 19.2 Å². The van der Waals surface area contributed by atoms with Gasteiger partial charge in [0.15, 0.2) is 0 Å². The van der Waals surface area contributed by atoms with E-state index in [-0.39, 0.29) is 47.5 Å². The Labute approximate surface area is 283 Å². The molecule has 0 radical (unpaired) electrons. The normalized spacial score (nSPS) is 12.2. The molecule has 1 aromatic heterocycles. The van der Waals surface area contributed by atoms with E-state index in [1.54, 1.807) is 30.5 Å². The van der Waals surface area contributed by atoms with E-state index in [1.165, 1.54) is 0 Å². The first kappa shape index (κ1) is 35.5. The summed E-state index contributed by atoms with van der Waals surface area (Å²) in [7, 11) is 0. The molecule has 4 aromatic rings. The van der Waals surface area contributed by atoms with Gasteiger partial charge in [0.05, 0.1) is 11.3 Å². The maximum atomic E-state index is 12.9. The summed E-state index contributed by atoms with van der Waals surface area (Å²) in [6.45, 7) is 11.3. The predicted molar refractivity (Wildman–Crippen MR) is 192 cm³/mol. The maximum absolute atomic E-state index is 12.9. The van der Waals surface area contributed by atoms with E-state index in [9.17, 15) is 19.2 Å². The quantitative estimate of drug-likeness (QED) is 0.121. The highest BCUT2D eigenvalue weighted by Crippen LogP contribution is 2.23. The number of amides is 4. The van der Waals surface area contributed by atoms with Crippen LogP contribution in [0, 0.1) is 11.8 Å². The summed E-state index contributed by atoms with van der Waals surface area (Å²) in [5, 5.41) is 11.7. The van der Waals surface area contributed by atoms with Gasteiger partial charge in [0.1, 0.15) is 0 Å². The zero-order chi connectivity index (χ0) is 34.8. The van der Waals surface area contributed by atoms with Gasteiger partial charge in [-0.25, -0.2) is 0 Å². The predicted octanol–water partition coefficient (Wildman–Crippen LogP) is 7.32. The third kappa shape index (κ3) is 10.1. The SMILES string of the molecule is CC(C)NC(=O)c1ccc(-c2ccc(NC(=O)C(C)CCC(C)NC(=O)c3ccc(-c4ccc(NC(=O)C(C)C)cc4)nc3)cc2)cc1. The van der Waals surface area contributed by atoms with Gasteiger partial charge in [0, 0.05) is 52.6 Å². The van der Waals surface area contributed by atoms with Crippen molar-refractivity contribution in [3.05, 3.63) is 102 Å². The summed E-state index contributed by atoms with van der Waals surface area (Å²) in [5.41, 5.74) is 6.04. The topological polar surface area (TPSA) is 129 Å². The Morgan fingerprint density at radius 2 is 1.06 bits per heavy atom. The number of rotatable bonds is 13. The molecule has 0 saturated carbocycles. The number of carbonyl (C=O) groups is 4. The van der Waals surface area contributed by atoms with Crippen LogP contribution in [0.4, 0.5) is 11.4 Å². The van der Waals surface area contributed by atoms with E-state index >= 15 is 0 Å². The lowest BCUT2D eigenvalue weighted by molar-refractivity contribution is -0.120. The minimum atomic E-state index is -0.250. The Balaban J connectivity index is 1.22. The zero-order valence-corrected chi connectivity index (χ0v) is 28.5. The van der Waals surface area contributed by atoms with Crippen LogP contribution in [0.3, 0.4) is 0 Å². The third-order valence-corrected chi connectivity index (χ3v) is 7.91. The molecule has 2 unspecified atom stereocenters. The highest BCUT2D eigenvalue weighted by atomic mass is 16.2. The monoisotopic (exact) mass is 647 g/mol. The van der Waals surface area contributed by atoms with E-state index in [0.717, 1.165) is 28.1 Å². The molecule has 0 aliphatic heterocycles. The lowest BCUT2D eigenvalue weighted by Gasteiger charge is -2.17. The summed E-state index contributed by atoms with van der Waals surface area (Å²) < 4.78 is 0. The number of aromatic nitrogens is 1. The van der Waals surface area contributed by atoms with Crippen molar-refractivity contribution in [2.75, 3.05) is 10.6 Å². The van der Waals surface area contributed by atoms with Gasteiger partial charge in [0.25, 0.3) is 11.8 Å². The van der Waals surface area contributed by atoms with Crippen molar-refractivity contribution in [2.24, 2.45) is 11.8 Å². The fourth-order valence-electron chi connectivity index (χ4n) is 4.89. The van der Waals surface area contributed by atoms with E-state index in [0.29, 0.717) is 29.7 Å². The summed E-state index contributed by atoms with van der Waals surface area (Å²) >= 11 is 0. The Kier molecular flexibility index (Phi) is 12.2. The molecule has 0 aliphatic carbocycles. The fraction of sp³-hybridized carbons (Fsp3) is 0.308. The Hall–Kier alpha value is -5.31. The molecule has 0 saturated heterocycles. The number of pyridine rings is 1. The molecule has 4 rings (SSSR count). The minimum Gasteiger partial charge on any atom is -0.350 e. The molecule has 48 heavy (non-hydrogen) atoms. The number of benzene rings is 3. The van der Waals surface area contributed by atoms with E-state index < -0.39 is 0 Å². The Morgan fingerprint density at radius 3 is 1.58 bits per heavy atom. The second-order valence-corrected chi connectivity index (χ2v) is 12.8. The molecule has 4 amide bonds. The van der Waals surface area contributed by atoms with Crippen LogP contribution in [0.2, 0.25) is 0 Å². The van der Waals surface area contributed by atoms with Crippen molar-refractivity contribution in [3.63, 3.8) is 0 Å². The molecule has 4 N–H and O–H groups in total. The minimum absolute atomic E-state index is 0.0418. The Bertz CT molecular complexity index is 1700. The summed E-state index contributed by atoms with van der Waals surface area (Å²) in [6, 6.07) is 25.9. The van der Waals surface area contributed by atoms with E-state index in [1.807, 2.05) is 102 Å². The second kappa shape index (κ2) is 16.5. The van der Waals surface area contributed by atoms with Crippen molar-refractivity contribution in [3.8, 4) is 22.4 Å². The average molecular weight is 648 g/mol. The van der Waals surface area contributed by atoms with Crippen LogP contribution >= 0.6 is 0 Å². The van der Waals surface area contributed by atoms with Crippen molar-refractivity contribution >= 4 is 35.0 Å². The number of nitrogens with one attached hydrogen (secondary N) is 4. The molecule has 0 fully saturated rings. The molecule has 3 aromatic carbocycles. The van der Waals surface area contributed by atoms with E-state index in [4.69, 9.17) is 0 Å². The molecule has 0 bridgehead atoms. The van der Waals surface area contributed by atoms with Gasteiger partial charge in [-0.1, -0.05) is 57.2 Å². The van der Waals surface area contributed by atoms with Crippen LogP contribution < -0.4 is 21.3 Å². The highest BCUT2D eigenvalue weighted by molar-refractivity contribution is 5.96. The molecule has 9 heteroatoms. The van der Waals surface area contributed by atoms with Crippen LogP contribution in [0.1, 0.15) is 75.1 Å². The third-order valence-electron chi connectivity index (χ3n) is 7.91. The number of carbonyl (C=O) groups excluding carboxylic acids is 4. The number of hydrogen-bond donors (Lipinski definition) is 4. The summed E-state index contributed by atoms with van der Waals surface area (Å²) in [6.07, 6.45) is 2.79. The maximum Gasteiger partial charge on any atom is 0.253 e. The largest absolute Gasteiger partial charge is 0.350 e. The standard InChI is InChI=1S/C39H45N5O4/c1-24(2)36(45)43-33-20-15-30(16-21-33)35-22-17-32(23-40-35)39(48)42-27(6)8-7-26(5)37(46)44-34-18-13-29(14-19-34)28-9-11-31(12-10-28)38(47)41-25(3)4/h9-27H,7-8H2,1-6H3,(H,41,47)(H,42,48)(H,43,45)(H,44,46). The van der Waals surface area contributed by atoms with Gasteiger partial charge >= 0.3 is 0 Å². The van der Waals surface area contributed by atoms with Gasteiger partial charge in [-0.3, -0.25) is 24.2 Å². The first-order valence-corrected chi connectivity index (χ1v) is 16.4. The van der Waals surface area contributed by atoms with Crippen LogP contribution in [-0.2, 0) is 9.59 Å².